The summed E-state index contributed by atoms with van der Waals surface area (Å²) in [6, 6.07) is 8.38. The molecule has 1 aliphatic carbocycles. The highest BCUT2D eigenvalue weighted by Crippen LogP contribution is 2.48. The summed E-state index contributed by atoms with van der Waals surface area (Å²) in [5.41, 5.74) is 2.35. The van der Waals surface area contributed by atoms with Gasteiger partial charge in [-0.05, 0) is 44.6 Å². The van der Waals surface area contributed by atoms with Crippen LogP contribution < -0.4 is 0 Å². The lowest BCUT2D eigenvalue weighted by Gasteiger charge is -2.44. The fourth-order valence-electron chi connectivity index (χ4n) is 3.28. The Morgan fingerprint density at radius 2 is 1.65 bits per heavy atom. The molecule has 2 rings (SSSR count). The molecule has 0 radical (unpaired) electrons. The van der Waals surface area contributed by atoms with Gasteiger partial charge in [0.25, 0.3) is 0 Å². The monoisotopic (exact) mass is 320 g/mol. The molecular weight excluding hydrogens is 292 g/mol. The van der Waals surface area contributed by atoms with Crippen molar-refractivity contribution in [2.24, 2.45) is 5.92 Å². The van der Waals surface area contributed by atoms with Crippen molar-refractivity contribution in [3.05, 3.63) is 35.4 Å². The van der Waals surface area contributed by atoms with Crippen molar-refractivity contribution in [3.63, 3.8) is 0 Å². The highest BCUT2D eigenvalue weighted by Gasteiger charge is 2.45. The van der Waals surface area contributed by atoms with Crippen LogP contribution in [0.1, 0.15) is 58.0 Å². The molecule has 0 aliphatic heterocycles. The van der Waals surface area contributed by atoms with Crippen LogP contribution in [0.3, 0.4) is 0 Å². The molecule has 1 saturated carbocycles. The molecule has 0 heterocycles. The molecule has 0 bridgehead atoms. The Balaban J connectivity index is 2.01. The van der Waals surface area contributed by atoms with E-state index in [0.29, 0.717) is 19.8 Å². The van der Waals surface area contributed by atoms with Crippen molar-refractivity contribution in [3.8, 4) is 0 Å². The van der Waals surface area contributed by atoms with Crippen LogP contribution in [0.15, 0.2) is 24.3 Å². The van der Waals surface area contributed by atoms with Crippen LogP contribution in [0, 0.1) is 5.92 Å². The Bertz CT molecular complexity index is 497. The third kappa shape index (κ3) is 4.12. The SMILES string of the molecule is CCOC(=O)C1CC(C)(c2ccc(C(OCC)OCC)cc2)C1. The van der Waals surface area contributed by atoms with Gasteiger partial charge in [-0.2, -0.15) is 0 Å². The van der Waals surface area contributed by atoms with Crippen molar-refractivity contribution in [2.75, 3.05) is 19.8 Å². The molecule has 128 valence electrons. The summed E-state index contributed by atoms with van der Waals surface area (Å²) >= 11 is 0. The van der Waals surface area contributed by atoms with Crippen LogP contribution >= 0.6 is 0 Å². The predicted octanol–water partition coefficient (Wildman–Crippen LogP) is 3.99. The van der Waals surface area contributed by atoms with Crippen molar-refractivity contribution in [1.82, 2.24) is 0 Å². The number of esters is 1. The zero-order chi connectivity index (χ0) is 16.9. The molecule has 1 aliphatic rings. The minimum absolute atomic E-state index is 0.0409. The van der Waals surface area contributed by atoms with Crippen molar-refractivity contribution >= 4 is 5.97 Å². The topological polar surface area (TPSA) is 44.8 Å². The van der Waals surface area contributed by atoms with Gasteiger partial charge < -0.3 is 14.2 Å². The van der Waals surface area contributed by atoms with Gasteiger partial charge in [-0.1, -0.05) is 31.2 Å². The van der Waals surface area contributed by atoms with E-state index in [1.54, 1.807) is 0 Å². The first-order valence-electron chi connectivity index (χ1n) is 8.54. The first-order valence-corrected chi connectivity index (χ1v) is 8.54. The lowest BCUT2D eigenvalue weighted by Crippen LogP contribution is -2.43. The minimum atomic E-state index is -0.305. The van der Waals surface area contributed by atoms with Crippen molar-refractivity contribution in [1.29, 1.82) is 0 Å². The van der Waals surface area contributed by atoms with Crippen LogP contribution in [-0.2, 0) is 24.4 Å². The molecule has 0 N–H and O–H groups in total. The fourth-order valence-corrected chi connectivity index (χ4v) is 3.28. The second-order valence-electron chi connectivity index (χ2n) is 6.28. The zero-order valence-electron chi connectivity index (χ0n) is 14.6. The van der Waals surface area contributed by atoms with E-state index in [-0.39, 0.29) is 23.6 Å². The van der Waals surface area contributed by atoms with Crippen LogP contribution in [0.4, 0.5) is 0 Å². The summed E-state index contributed by atoms with van der Waals surface area (Å²) in [7, 11) is 0. The van der Waals surface area contributed by atoms with Gasteiger partial charge in [0.05, 0.1) is 12.5 Å². The number of carbonyl (C=O) groups excluding carboxylic acids is 1. The molecule has 0 amide bonds. The molecule has 23 heavy (non-hydrogen) atoms. The van der Waals surface area contributed by atoms with Crippen molar-refractivity contribution in [2.45, 2.75) is 52.2 Å². The number of hydrogen-bond donors (Lipinski definition) is 0. The maximum atomic E-state index is 11.8. The Hall–Kier alpha value is -1.39. The molecule has 0 unspecified atom stereocenters. The number of hydrogen-bond acceptors (Lipinski definition) is 4. The molecule has 0 saturated heterocycles. The number of rotatable bonds is 8. The smallest absolute Gasteiger partial charge is 0.308 e. The summed E-state index contributed by atoms with van der Waals surface area (Å²) in [6.07, 6.45) is 1.40. The van der Waals surface area contributed by atoms with E-state index in [1.807, 2.05) is 20.8 Å². The summed E-state index contributed by atoms with van der Waals surface area (Å²) < 4.78 is 16.4. The predicted molar refractivity (Wildman–Crippen MR) is 89.1 cm³/mol. The van der Waals surface area contributed by atoms with Crippen LogP contribution in [0.5, 0.6) is 0 Å². The van der Waals surface area contributed by atoms with Crippen LogP contribution in [-0.4, -0.2) is 25.8 Å². The molecular formula is C19H28O4. The molecule has 0 spiro atoms. The molecule has 0 atom stereocenters. The van der Waals surface area contributed by atoms with E-state index in [1.165, 1.54) is 5.56 Å². The van der Waals surface area contributed by atoms with Gasteiger partial charge in [0, 0.05) is 18.8 Å². The van der Waals surface area contributed by atoms with Gasteiger partial charge in [-0.3, -0.25) is 4.79 Å². The van der Waals surface area contributed by atoms with E-state index in [4.69, 9.17) is 14.2 Å². The quantitative estimate of drug-likeness (QED) is 0.537. The molecule has 4 heteroatoms. The van der Waals surface area contributed by atoms with Gasteiger partial charge in [0.15, 0.2) is 6.29 Å². The van der Waals surface area contributed by atoms with Gasteiger partial charge in [-0.25, -0.2) is 0 Å². The Morgan fingerprint density at radius 1 is 1.09 bits per heavy atom. The van der Waals surface area contributed by atoms with E-state index in [9.17, 15) is 4.79 Å². The Morgan fingerprint density at radius 3 is 2.13 bits per heavy atom. The molecule has 4 nitrogen and oxygen atoms in total. The lowest BCUT2D eigenvalue weighted by molar-refractivity contribution is -0.153. The Kier molecular flexibility index (Phi) is 6.19. The van der Waals surface area contributed by atoms with Gasteiger partial charge in [0.1, 0.15) is 0 Å². The maximum Gasteiger partial charge on any atom is 0.308 e. The van der Waals surface area contributed by atoms with E-state index >= 15 is 0 Å². The summed E-state index contributed by atoms with van der Waals surface area (Å²) in [6.45, 7) is 9.67. The van der Waals surface area contributed by atoms with Gasteiger partial charge in [0.2, 0.25) is 0 Å². The zero-order valence-corrected chi connectivity index (χ0v) is 14.6. The van der Waals surface area contributed by atoms with Crippen molar-refractivity contribution < 1.29 is 19.0 Å². The number of benzene rings is 1. The molecule has 0 aromatic heterocycles. The van der Waals surface area contributed by atoms with E-state index in [0.717, 1.165) is 18.4 Å². The first kappa shape index (κ1) is 18.0. The Labute approximate surface area is 139 Å². The minimum Gasteiger partial charge on any atom is -0.466 e. The highest BCUT2D eigenvalue weighted by atomic mass is 16.7. The van der Waals surface area contributed by atoms with Crippen LogP contribution in [0.2, 0.25) is 0 Å². The standard InChI is InChI=1S/C19H28O4/c1-5-21-17(20)15-12-19(4,13-15)16-10-8-14(9-11-16)18(22-6-2)23-7-3/h8-11,15,18H,5-7,12-13H2,1-4H3. The summed E-state index contributed by atoms with van der Waals surface area (Å²) in [5.74, 6) is -0.0198. The normalized spacial score (nSPS) is 23.6. The largest absolute Gasteiger partial charge is 0.466 e. The second kappa shape index (κ2) is 7.93. The molecule has 1 aromatic carbocycles. The molecule has 1 aromatic rings. The van der Waals surface area contributed by atoms with Crippen LogP contribution in [0.25, 0.3) is 0 Å². The third-order valence-electron chi connectivity index (χ3n) is 4.53. The average Bonchev–Trinajstić information content (AvgIpc) is 2.52. The lowest BCUT2D eigenvalue weighted by atomic mass is 9.60. The second-order valence-corrected chi connectivity index (χ2v) is 6.28. The third-order valence-corrected chi connectivity index (χ3v) is 4.53. The highest BCUT2D eigenvalue weighted by molar-refractivity contribution is 5.74. The van der Waals surface area contributed by atoms with Gasteiger partial charge >= 0.3 is 5.97 Å². The fraction of sp³-hybridized carbons (Fsp3) is 0.632. The number of ether oxygens (including phenoxy) is 3. The number of carbonyl (C=O) groups is 1. The summed E-state index contributed by atoms with van der Waals surface area (Å²) in [5, 5.41) is 0. The summed E-state index contributed by atoms with van der Waals surface area (Å²) in [4.78, 5) is 11.8. The maximum absolute atomic E-state index is 11.8. The first-order chi connectivity index (χ1) is 11.0. The van der Waals surface area contributed by atoms with E-state index in [2.05, 4.69) is 31.2 Å². The average molecular weight is 320 g/mol. The van der Waals surface area contributed by atoms with E-state index < -0.39 is 0 Å². The van der Waals surface area contributed by atoms with Gasteiger partial charge in [-0.15, -0.1) is 0 Å². The molecule has 1 fully saturated rings.